The average molecular weight is 1810 g/mol. The van der Waals surface area contributed by atoms with E-state index in [1.807, 2.05) is 196 Å². The van der Waals surface area contributed by atoms with Gasteiger partial charge in [-0.25, -0.2) is 4.39 Å². The second-order valence-electron chi connectivity index (χ2n) is 19.6. The Kier molecular flexibility index (Phi) is 26.3. The normalized spacial score (nSPS) is 15.0. The van der Waals surface area contributed by atoms with Crippen LogP contribution < -0.4 is 4.90 Å². The molecule has 2 amide bonds. The minimum absolute atomic E-state index is 0. The molecule has 0 saturated carbocycles. The second kappa shape index (κ2) is 32.5. The number of hydrogen-bond acceptors (Lipinski definition) is 9. The van der Waals surface area contributed by atoms with Crippen LogP contribution in [0.25, 0.3) is 0 Å². The number of carbonyl (C=O) groups is 3. The third-order valence-corrected chi connectivity index (χ3v) is 13.8. The van der Waals surface area contributed by atoms with Crippen molar-refractivity contribution in [1.82, 2.24) is 14.7 Å². The zero-order valence-electron chi connectivity index (χ0n) is 46.5. The van der Waals surface area contributed by atoms with E-state index in [0.29, 0.717) is 37.2 Å². The first kappa shape index (κ1) is 67.2. The van der Waals surface area contributed by atoms with E-state index in [1.165, 1.54) is 6.07 Å². The number of ketones is 1. The maximum atomic E-state index is 13.8. The fraction of sp³-hybridized carbons (Fsp3) is 0.209. The third-order valence-electron chi connectivity index (χ3n) is 13.8. The van der Waals surface area contributed by atoms with Gasteiger partial charge in [0.2, 0.25) is 5.91 Å². The molecule has 7 aromatic rings. The molecule has 0 saturated heterocycles. The number of para-hydroxylation sites is 1. The number of rotatable bonds is 5. The number of hydrogen-bond donors (Lipinski definition) is 0. The van der Waals surface area contributed by atoms with Crippen LogP contribution in [-0.2, 0) is 103 Å². The Balaban J connectivity index is 0.000000200. The van der Waals surface area contributed by atoms with Gasteiger partial charge < -0.3 is 29.6 Å². The van der Waals surface area contributed by atoms with E-state index < -0.39 is 0 Å². The van der Waals surface area contributed by atoms with E-state index in [4.69, 9.17) is 9.98 Å². The van der Waals surface area contributed by atoms with Gasteiger partial charge in [-0.3, -0.25) is 24.4 Å². The van der Waals surface area contributed by atoms with Crippen molar-refractivity contribution in [2.45, 2.75) is 44.9 Å². The van der Waals surface area contributed by atoms with Crippen LogP contribution in [-0.4, -0.2) is 104 Å². The summed E-state index contributed by atoms with van der Waals surface area (Å²) >= 11 is 0. The van der Waals surface area contributed by atoms with E-state index in [1.54, 1.807) is 22.9 Å². The number of Topliss-reactive ketones (excluding diaryl/α,β-unsaturated/α-hetero) is 1. The Labute approximate surface area is 541 Å². The Bertz CT molecular complexity index is 3540. The van der Waals surface area contributed by atoms with Crippen molar-refractivity contribution in [1.29, 1.82) is 0 Å². The maximum absolute atomic E-state index is 13.8. The van der Waals surface area contributed by atoms with Crippen molar-refractivity contribution in [2.24, 2.45) is 20.0 Å². The van der Waals surface area contributed by atoms with Crippen molar-refractivity contribution >= 4 is 63.4 Å². The second-order valence-corrected chi connectivity index (χ2v) is 19.6. The molecule has 434 valence electrons. The van der Waals surface area contributed by atoms with Gasteiger partial charge in [0.05, 0.1) is 40.7 Å². The number of likely N-dealkylation sites (N-methyl/N-ethyl adjacent to an activating group) is 3. The Morgan fingerprint density at radius 3 is 1.78 bits per heavy atom. The van der Waals surface area contributed by atoms with E-state index in [0.717, 1.165) is 117 Å². The summed E-state index contributed by atoms with van der Waals surface area (Å²) < 4.78 is 13.8. The summed E-state index contributed by atoms with van der Waals surface area (Å²) in [6.07, 6.45) is 8.97. The first-order valence-electron chi connectivity index (χ1n) is 26.5. The summed E-state index contributed by atoms with van der Waals surface area (Å²) in [5.74, 6) is 1.59. The summed E-state index contributed by atoms with van der Waals surface area (Å²) in [6, 6.07) is 62.3. The molecule has 0 N–H and O–H groups in total. The van der Waals surface area contributed by atoms with E-state index >= 15 is 0 Å². The number of nitrogens with zero attached hydrogens (tertiary/aromatic N) is 8. The SMILES string of the molecule is CN(C)c1ccc2c(c1)C(=O)CCCC(c1[c-]cccc1)=N2.CN1C(=O)Cc2ccccc2N=C1c1[c-]cccc1.CN1CC(c2[c-]cccc2)=NC2=C(C=CCC2)C1=O.CN1CCc2c(F)cccc2N=C1c1[c-]cccc1.[Ir].[Ir].[Ir].[Ir]. The zero-order valence-corrected chi connectivity index (χ0v) is 56.1. The molecular weight excluding hydrogens is 1750 g/mol. The van der Waals surface area contributed by atoms with Gasteiger partial charge in [0.15, 0.2) is 5.78 Å². The molecule has 0 aromatic heterocycles. The molecule has 4 aliphatic heterocycles. The van der Waals surface area contributed by atoms with E-state index in [2.05, 4.69) is 34.3 Å². The van der Waals surface area contributed by atoms with Crippen LogP contribution in [0.3, 0.4) is 0 Å². The van der Waals surface area contributed by atoms with Gasteiger partial charge in [-0.1, -0.05) is 36.4 Å². The zero-order chi connectivity index (χ0) is 55.3. The number of benzene rings is 7. The monoisotopic (exact) mass is 1820 g/mol. The minimum atomic E-state index is -0.173. The van der Waals surface area contributed by atoms with Gasteiger partial charge in [-0.05, 0) is 92.5 Å². The van der Waals surface area contributed by atoms with Crippen LogP contribution in [0.15, 0.2) is 201 Å². The van der Waals surface area contributed by atoms with Gasteiger partial charge >= 0.3 is 0 Å². The number of amidine groups is 2. The third kappa shape index (κ3) is 17.3. The number of halogens is 1. The molecule has 83 heavy (non-hydrogen) atoms. The van der Waals surface area contributed by atoms with Crippen LogP contribution in [0.5, 0.6) is 0 Å². The topological polar surface area (TPSA) is 114 Å². The first-order valence-corrected chi connectivity index (χ1v) is 26.5. The van der Waals surface area contributed by atoms with Crippen molar-refractivity contribution < 1.29 is 99.2 Å². The van der Waals surface area contributed by atoms with Gasteiger partial charge in [-0.2, -0.15) is 0 Å². The standard InChI is InChI=1S/C19H19N2O.C16H14FN2.C16H15N2O.C16H13N2O.4Ir/c1-21(2)15-11-12-18-16(13-15)19(22)10-6-9-17(20-18)14-7-4-3-5-8-14;1-19-11-10-13-14(17)8-5-9-15(13)18-16(19)12-6-3-2-4-7-12;1-18-11-15(12-7-3-2-4-8-12)17-14-10-6-5-9-13(14)16(18)19;1-18-15(19)11-13-9-5-6-10-14(13)17-16(18)12-7-3-2-4-8-12;;;;/h3-5,7,11-13H,6,9-10H2,1-2H3;2-6,8-9H,10-11H2,1H3;2-5,7,9H,6,10-11H2,1H3;2-7,9-10H,11H2,1H3;;;;/q4*-1;;;;. The smallest absolute Gasteiger partial charge is 0.255 e. The molecule has 4 radical (unpaired) electrons. The van der Waals surface area contributed by atoms with E-state index in [9.17, 15) is 18.8 Å². The van der Waals surface area contributed by atoms with Gasteiger partial charge in [0.1, 0.15) is 5.82 Å². The number of carbonyl (C=O) groups excluding carboxylic acids is 3. The summed E-state index contributed by atoms with van der Waals surface area (Å²) in [7, 11) is 9.50. The van der Waals surface area contributed by atoms with Crippen molar-refractivity contribution in [3.63, 3.8) is 0 Å². The molecule has 0 spiro atoms. The largest absolute Gasteiger partial charge is 0.398 e. The summed E-state index contributed by atoms with van der Waals surface area (Å²) in [5, 5.41) is 0. The van der Waals surface area contributed by atoms with Crippen molar-refractivity contribution in [2.75, 3.05) is 53.2 Å². The predicted octanol–water partition coefficient (Wildman–Crippen LogP) is 12.2. The maximum Gasteiger partial charge on any atom is 0.255 e. The molecule has 16 heteroatoms. The van der Waals surface area contributed by atoms with Gasteiger partial charge in [0.25, 0.3) is 5.91 Å². The summed E-state index contributed by atoms with van der Waals surface area (Å²) in [6.45, 7) is 1.27. The van der Waals surface area contributed by atoms with Crippen LogP contribution in [0, 0.1) is 30.1 Å². The van der Waals surface area contributed by atoms with Crippen LogP contribution >= 0.6 is 0 Å². The molecule has 1 aliphatic carbocycles. The van der Waals surface area contributed by atoms with Crippen molar-refractivity contribution in [3.05, 3.63) is 250 Å². The Hall–Kier alpha value is -6.56. The van der Waals surface area contributed by atoms with E-state index in [-0.39, 0.29) is 104 Å². The predicted molar refractivity (Wildman–Crippen MR) is 314 cm³/mol. The van der Waals surface area contributed by atoms with Gasteiger partial charge in [-0.15, -0.1) is 144 Å². The number of allylic oxidation sites excluding steroid dienone is 2. The van der Waals surface area contributed by atoms with Crippen LogP contribution in [0.1, 0.15) is 75.8 Å². The Morgan fingerprint density at radius 2 is 1.14 bits per heavy atom. The molecule has 0 unspecified atom stereocenters. The fourth-order valence-electron chi connectivity index (χ4n) is 9.44. The minimum Gasteiger partial charge on any atom is -0.398 e. The number of amides is 2. The van der Waals surface area contributed by atoms with Crippen LogP contribution in [0.4, 0.5) is 27.1 Å². The van der Waals surface area contributed by atoms with Crippen LogP contribution in [0.2, 0.25) is 0 Å². The summed E-state index contributed by atoms with van der Waals surface area (Å²) in [5.41, 5.74) is 13.0. The molecular formula is C67H61FIr4N8O3-4. The quantitative estimate of drug-likeness (QED) is 0.159. The van der Waals surface area contributed by atoms with Gasteiger partial charge in [0, 0.05) is 151 Å². The molecule has 0 fully saturated rings. The number of anilines is 1. The molecule has 7 aromatic carbocycles. The van der Waals surface area contributed by atoms with Crippen molar-refractivity contribution in [3.8, 4) is 0 Å². The molecule has 12 rings (SSSR count). The number of fused-ring (bicyclic) bond motifs is 3. The molecule has 4 heterocycles. The average Bonchev–Trinajstić information content (AvgIpc) is 3.89. The molecule has 11 nitrogen and oxygen atoms in total. The molecule has 0 bridgehead atoms. The first-order chi connectivity index (χ1) is 38.4. The molecule has 0 atom stereocenters. The molecule has 5 aliphatic rings. The fourth-order valence-corrected chi connectivity index (χ4v) is 9.44. The Morgan fingerprint density at radius 1 is 0.554 bits per heavy atom. The number of aliphatic imine (C=N–C) groups is 4. The summed E-state index contributed by atoms with van der Waals surface area (Å²) in [4.78, 5) is 63.0.